The van der Waals surface area contributed by atoms with Crippen molar-refractivity contribution in [2.45, 2.75) is 16.1 Å². The Balaban J connectivity index is 3.10. The number of hydrogen-bond donors (Lipinski definition) is 1. The molecule has 1 atom stereocenters. The van der Waals surface area contributed by atoms with Crippen molar-refractivity contribution in [1.29, 1.82) is 0 Å². The van der Waals surface area contributed by atoms with Crippen LogP contribution in [0, 0.1) is 7.14 Å². The van der Waals surface area contributed by atoms with Crippen LogP contribution in [-0.4, -0.2) is 34.1 Å². The van der Waals surface area contributed by atoms with Gasteiger partial charge in [-0.15, -0.1) is 0 Å². The zero-order valence-corrected chi connectivity index (χ0v) is 18.7. The fourth-order valence-electron chi connectivity index (χ4n) is 1.12. The molecule has 0 fully saturated rings. The van der Waals surface area contributed by atoms with E-state index in [1.807, 2.05) is 22.6 Å². The van der Waals surface area contributed by atoms with Crippen LogP contribution in [0.3, 0.4) is 0 Å². The van der Waals surface area contributed by atoms with Crippen LogP contribution in [0.5, 0.6) is 11.5 Å². The van der Waals surface area contributed by atoms with E-state index in [1.165, 1.54) is 6.07 Å². The maximum atomic E-state index is 13.2. The average Bonchev–Trinajstić information content (AvgIpc) is 2.42. The molecule has 1 aromatic rings. The Kier molecular flexibility index (Phi) is 7.58. The number of halogens is 5. The topological polar surface area (TPSA) is 107 Å². The van der Waals surface area contributed by atoms with Crippen LogP contribution >= 0.6 is 67.8 Å². The highest BCUT2D eigenvalue weighted by Crippen LogP contribution is 2.33. The minimum absolute atomic E-state index is 0.108. The molecule has 13 heteroatoms. The maximum absolute atomic E-state index is 13.2. The predicted octanol–water partition coefficient (Wildman–Crippen LogP) is 3.01. The Morgan fingerprint density at radius 1 is 1.17 bits per heavy atom. The monoisotopic (exact) mass is 702 g/mol. The fraction of sp³-hybridized carbons (Fsp3) is 0.273. The van der Waals surface area contributed by atoms with Gasteiger partial charge in [0.05, 0.1) is 7.14 Å². The van der Waals surface area contributed by atoms with Crippen molar-refractivity contribution < 1.29 is 40.8 Å². The summed E-state index contributed by atoms with van der Waals surface area (Å²) in [5.41, 5.74) is 0. The van der Waals surface area contributed by atoms with Crippen molar-refractivity contribution in [3.8, 4) is 11.5 Å². The lowest BCUT2D eigenvalue weighted by atomic mass is 10.3. The molecule has 134 valence electrons. The molecule has 0 saturated carbocycles. The summed E-state index contributed by atoms with van der Waals surface area (Å²) in [6.07, 6.45) is 0. The summed E-state index contributed by atoms with van der Waals surface area (Å²) in [6.45, 7) is 1.61. The molecule has 0 aliphatic rings. The van der Waals surface area contributed by atoms with Gasteiger partial charge in [-0.1, -0.05) is 22.6 Å². The number of esters is 2. The summed E-state index contributed by atoms with van der Waals surface area (Å²) in [5, 5.41) is -5.11. The Morgan fingerprint density at radius 2 is 1.58 bits per heavy atom. The third-order valence-corrected chi connectivity index (χ3v) is 5.30. The van der Waals surface area contributed by atoms with E-state index in [4.69, 9.17) is 9.29 Å². The molecule has 0 heterocycles. The molecule has 1 rings (SSSR count). The maximum Gasteiger partial charge on any atom is 0.466 e. The first kappa shape index (κ1) is 22.2. The van der Waals surface area contributed by atoms with Gasteiger partial charge in [0.25, 0.3) is 0 Å². The smallest absolute Gasteiger partial charge is 0.425 e. The number of ether oxygens (including phenoxy) is 2. The van der Waals surface area contributed by atoms with Crippen molar-refractivity contribution in [3.05, 3.63) is 19.3 Å². The SMILES string of the molecule is CC(I)C(=O)Oc1cc(I)c(OC(=O)C(F)(F)S(=O)(=O)O)cc1I. The molecule has 0 saturated heterocycles. The van der Waals surface area contributed by atoms with Gasteiger partial charge in [-0.05, 0) is 64.2 Å². The van der Waals surface area contributed by atoms with E-state index < -0.39 is 31.2 Å². The number of hydrogen-bond acceptors (Lipinski definition) is 6. The van der Waals surface area contributed by atoms with Crippen LogP contribution in [0.1, 0.15) is 6.92 Å². The van der Waals surface area contributed by atoms with Gasteiger partial charge in [-0.2, -0.15) is 17.2 Å². The zero-order chi connectivity index (χ0) is 18.9. The van der Waals surface area contributed by atoms with E-state index in [-0.39, 0.29) is 18.6 Å². The fourth-order valence-corrected chi connectivity index (χ4v) is 2.60. The highest BCUT2D eigenvalue weighted by atomic mass is 127. The molecule has 0 aliphatic heterocycles. The number of benzene rings is 1. The number of rotatable bonds is 5. The first-order valence-electron chi connectivity index (χ1n) is 5.69. The van der Waals surface area contributed by atoms with E-state index in [1.54, 1.807) is 52.1 Å². The molecule has 0 bridgehead atoms. The van der Waals surface area contributed by atoms with Crippen LogP contribution in [-0.2, 0) is 19.7 Å². The van der Waals surface area contributed by atoms with Crippen LogP contribution in [0.4, 0.5) is 8.78 Å². The van der Waals surface area contributed by atoms with Crippen LogP contribution in [0.15, 0.2) is 12.1 Å². The lowest BCUT2D eigenvalue weighted by Crippen LogP contribution is -2.40. The van der Waals surface area contributed by atoms with Crippen molar-refractivity contribution in [2.24, 2.45) is 0 Å². The summed E-state index contributed by atoms with van der Waals surface area (Å²) >= 11 is 5.17. The second-order valence-electron chi connectivity index (χ2n) is 4.13. The lowest BCUT2D eigenvalue weighted by Gasteiger charge is -2.14. The van der Waals surface area contributed by atoms with Crippen LogP contribution < -0.4 is 9.47 Å². The zero-order valence-electron chi connectivity index (χ0n) is 11.4. The third kappa shape index (κ3) is 5.31. The van der Waals surface area contributed by atoms with Gasteiger partial charge in [0.1, 0.15) is 15.4 Å². The first-order valence-corrected chi connectivity index (χ1v) is 10.5. The van der Waals surface area contributed by atoms with Crippen LogP contribution in [0.25, 0.3) is 0 Å². The molecule has 0 radical (unpaired) electrons. The normalized spacial score (nSPS) is 13.3. The minimum Gasteiger partial charge on any atom is -0.425 e. The van der Waals surface area contributed by atoms with Crippen molar-refractivity contribution in [1.82, 2.24) is 0 Å². The molecular formula is C11H7F2I3O7S. The Morgan fingerprint density at radius 3 is 1.96 bits per heavy atom. The molecular weight excluding hydrogens is 695 g/mol. The third-order valence-electron chi connectivity index (χ3n) is 2.29. The van der Waals surface area contributed by atoms with Gasteiger partial charge in [0.15, 0.2) is 0 Å². The second kappa shape index (κ2) is 8.21. The molecule has 0 aromatic heterocycles. The van der Waals surface area contributed by atoms with E-state index in [0.29, 0.717) is 0 Å². The van der Waals surface area contributed by atoms with E-state index in [0.717, 1.165) is 6.07 Å². The number of carbonyl (C=O) groups excluding carboxylic acids is 2. The Labute approximate surface area is 176 Å². The van der Waals surface area contributed by atoms with Gasteiger partial charge in [-0.3, -0.25) is 9.35 Å². The average molecular weight is 702 g/mol. The molecule has 1 unspecified atom stereocenters. The number of alkyl halides is 3. The lowest BCUT2D eigenvalue weighted by molar-refractivity contribution is -0.151. The number of carbonyl (C=O) groups is 2. The summed E-state index contributed by atoms with van der Waals surface area (Å²) in [6, 6.07) is 2.37. The molecule has 1 N–H and O–H groups in total. The first-order chi connectivity index (χ1) is 10.8. The summed E-state index contributed by atoms with van der Waals surface area (Å²) < 4.78 is 65.2. The van der Waals surface area contributed by atoms with Crippen molar-refractivity contribution in [3.63, 3.8) is 0 Å². The molecule has 0 amide bonds. The van der Waals surface area contributed by atoms with Gasteiger partial charge in [0.2, 0.25) is 0 Å². The molecule has 7 nitrogen and oxygen atoms in total. The van der Waals surface area contributed by atoms with Gasteiger partial charge < -0.3 is 9.47 Å². The van der Waals surface area contributed by atoms with Gasteiger partial charge >= 0.3 is 27.3 Å². The van der Waals surface area contributed by atoms with E-state index >= 15 is 0 Å². The summed E-state index contributed by atoms with van der Waals surface area (Å²) in [5.74, 6) is -3.25. The summed E-state index contributed by atoms with van der Waals surface area (Å²) in [4.78, 5) is 22.9. The van der Waals surface area contributed by atoms with Crippen molar-refractivity contribution >= 4 is 89.8 Å². The Hall–Kier alpha value is 0.120. The second-order valence-corrected chi connectivity index (χ2v) is 9.79. The standard InChI is InChI=1S/C11H7F2I3O7S/c1-4(14)9(17)22-7-2-6(16)8(3-5(7)15)23-10(18)11(12,13)24(19,20)21/h2-4H,1H3,(H,19,20,21). The molecule has 24 heavy (non-hydrogen) atoms. The largest absolute Gasteiger partial charge is 0.466 e. The van der Waals surface area contributed by atoms with E-state index in [2.05, 4.69) is 4.74 Å². The van der Waals surface area contributed by atoms with Gasteiger partial charge in [0, 0.05) is 0 Å². The molecule has 0 aliphatic carbocycles. The quantitative estimate of drug-likeness (QED) is 0.166. The highest BCUT2D eigenvalue weighted by Gasteiger charge is 2.54. The predicted molar refractivity (Wildman–Crippen MR) is 103 cm³/mol. The minimum atomic E-state index is -5.96. The molecule has 1 aromatic carbocycles. The van der Waals surface area contributed by atoms with Crippen molar-refractivity contribution in [2.75, 3.05) is 0 Å². The molecule has 0 spiro atoms. The highest BCUT2D eigenvalue weighted by molar-refractivity contribution is 14.1. The summed E-state index contributed by atoms with van der Waals surface area (Å²) in [7, 11) is -5.96. The Bertz CT molecular complexity index is 780. The van der Waals surface area contributed by atoms with Gasteiger partial charge in [-0.25, -0.2) is 4.79 Å². The van der Waals surface area contributed by atoms with Crippen LogP contribution in [0.2, 0.25) is 0 Å². The van der Waals surface area contributed by atoms with E-state index in [9.17, 15) is 26.8 Å².